The minimum atomic E-state index is 0.113. The standard InChI is InChI=1S/C17H26N2OS/c1-6-9-18-13(14-8-7-12(2)20-14)10-16-19-15(11-21-16)17(3,4)5/h7-8,11,13,18H,6,9-10H2,1-5H3. The minimum Gasteiger partial charge on any atom is -0.465 e. The first-order chi connectivity index (χ1) is 9.90. The van der Waals surface area contributed by atoms with E-state index in [0.717, 1.165) is 30.9 Å². The molecule has 2 heterocycles. The molecule has 116 valence electrons. The monoisotopic (exact) mass is 306 g/mol. The summed E-state index contributed by atoms with van der Waals surface area (Å²) >= 11 is 1.75. The normalized spacial score (nSPS) is 13.6. The van der Waals surface area contributed by atoms with E-state index in [1.54, 1.807) is 11.3 Å². The number of hydrogen-bond donors (Lipinski definition) is 1. The highest BCUT2D eigenvalue weighted by Crippen LogP contribution is 2.27. The Morgan fingerprint density at radius 3 is 2.62 bits per heavy atom. The van der Waals surface area contributed by atoms with Crippen LogP contribution in [-0.4, -0.2) is 11.5 Å². The molecule has 2 aromatic rings. The van der Waals surface area contributed by atoms with Crippen LogP contribution in [0.25, 0.3) is 0 Å². The van der Waals surface area contributed by atoms with Crippen LogP contribution in [-0.2, 0) is 11.8 Å². The molecule has 2 aromatic heterocycles. The van der Waals surface area contributed by atoms with Gasteiger partial charge in [0.05, 0.1) is 16.7 Å². The topological polar surface area (TPSA) is 38.1 Å². The lowest BCUT2D eigenvalue weighted by Gasteiger charge is -2.16. The van der Waals surface area contributed by atoms with Crippen molar-refractivity contribution in [2.24, 2.45) is 0 Å². The van der Waals surface area contributed by atoms with Crippen LogP contribution in [0.4, 0.5) is 0 Å². The highest BCUT2D eigenvalue weighted by atomic mass is 32.1. The summed E-state index contributed by atoms with van der Waals surface area (Å²) in [6.45, 7) is 11.8. The largest absolute Gasteiger partial charge is 0.465 e. The van der Waals surface area contributed by atoms with Crippen LogP contribution in [0.2, 0.25) is 0 Å². The predicted octanol–water partition coefficient (Wildman–Crippen LogP) is 4.63. The third-order valence-electron chi connectivity index (χ3n) is 3.44. The first-order valence-corrected chi connectivity index (χ1v) is 8.52. The number of furan rings is 1. The van der Waals surface area contributed by atoms with Gasteiger partial charge in [-0.1, -0.05) is 27.7 Å². The second-order valence-electron chi connectivity index (χ2n) is 6.54. The summed E-state index contributed by atoms with van der Waals surface area (Å²) in [7, 11) is 0. The molecule has 1 atom stereocenters. The SMILES string of the molecule is CCCNC(Cc1nc(C(C)(C)C)cs1)c1ccc(C)o1. The molecule has 3 nitrogen and oxygen atoms in total. The van der Waals surface area contributed by atoms with Crippen molar-refractivity contribution < 1.29 is 4.42 Å². The quantitative estimate of drug-likeness (QED) is 0.846. The smallest absolute Gasteiger partial charge is 0.121 e. The van der Waals surface area contributed by atoms with E-state index in [4.69, 9.17) is 9.40 Å². The Kier molecular flexibility index (Phi) is 5.22. The van der Waals surface area contributed by atoms with Gasteiger partial charge >= 0.3 is 0 Å². The van der Waals surface area contributed by atoms with Crippen molar-refractivity contribution in [3.05, 3.63) is 39.7 Å². The summed E-state index contributed by atoms with van der Waals surface area (Å²) in [6.07, 6.45) is 2.00. The molecule has 0 radical (unpaired) electrons. The maximum Gasteiger partial charge on any atom is 0.121 e. The van der Waals surface area contributed by atoms with E-state index in [-0.39, 0.29) is 11.5 Å². The van der Waals surface area contributed by atoms with Gasteiger partial charge in [0.15, 0.2) is 0 Å². The Morgan fingerprint density at radius 2 is 2.10 bits per heavy atom. The third-order valence-corrected chi connectivity index (χ3v) is 4.32. The number of hydrogen-bond acceptors (Lipinski definition) is 4. The molecule has 0 aliphatic heterocycles. The van der Waals surface area contributed by atoms with E-state index >= 15 is 0 Å². The molecule has 2 rings (SSSR count). The molecule has 0 fully saturated rings. The van der Waals surface area contributed by atoms with Crippen LogP contribution >= 0.6 is 11.3 Å². The molecule has 0 amide bonds. The first-order valence-electron chi connectivity index (χ1n) is 7.64. The lowest BCUT2D eigenvalue weighted by Crippen LogP contribution is -2.23. The van der Waals surface area contributed by atoms with Crippen LogP contribution in [0.3, 0.4) is 0 Å². The molecule has 0 saturated carbocycles. The summed E-state index contributed by atoms with van der Waals surface area (Å²) in [5.74, 6) is 1.97. The van der Waals surface area contributed by atoms with E-state index in [9.17, 15) is 0 Å². The Hall–Kier alpha value is -1.13. The average molecular weight is 306 g/mol. The molecule has 0 aliphatic carbocycles. The second kappa shape index (κ2) is 6.75. The van der Waals surface area contributed by atoms with Crippen molar-refractivity contribution in [1.82, 2.24) is 10.3 Å². The van der Waals surface area contributed by atoms with Crippen LogP contribution < -0.4 is 5.32 Å². The van der Waals surface area contributed by atoms with Gasteiger partial charge in [0.2, 0.25) is 0 Å². The zero-order valence-electron chi connectivity index (χ0n) is 13.7. The lowest BCUT2D eigenvalue weighted by molar-refractivity contribution is 0.398. The summed E-state index contributed by atoms with van der Waals surface area (Å²) in [4.78, 5) is 4.80. The second-order valence-corrected chi connectivity index (χ2v) is 7.48. The maximum absolute atomic E-state index is 5.80. The van der Waals surface area contributed by atoms with Gasteiger partial charge in [0.1, 0.15) is 11.5 Å². The van der Waals surface area contributed by atoms with Crippen LogP contribution in [0, 0.1) is 6.92 Å². The minimum absolute atomic E-state index is 0.113. The molecule has 4 heteroatoms. The number of nitrogens with one attached hydrogen (secondary N) is 1. The van der Waals surface area contributed by atoms with Crippen molar-refractivity contribution in [3.8, 4) is 0 Å². The van der Waals surface area contributed by atoms with Gasteiger partial charge in [-0.25, -0.2) is 4.98 Å². The molecule has 0 aromatic carbocycles. The molecule has 21 heavy (non-hydrogen) atoms. The van der Waals surface area contributed by atoms with Gasteiger partial charge in [-0.15, -0.1) is 11.3 Å². The van der Waals surface area contributed by atoms with Crippen molar-refractivity contribution in [2.45, 2.75) is 58.9 Å². The number of thiazole rings is 1. The predicted molar refractivity (Wildman–Crippen MR) is 89.0 cm³/mol. The van der Waals surface area contributed by atoms with Crippen LogP contribution in [0.5, 0.6) is 0 Å². The number of aromatic nitrogens is 1. The maximum atomic E-state index is 5.80. The molecular weight excluding hydrogens is 280 g/mol. The van der Waals surface area contributed by atoms with Crippen molar-refractivity contribution in [1.29, 1.82) is 0 Å². The van der Waals surface area contributed by atoms with E-state index in [0.29, 0.717) is 0 Å². The summed E-state index contributed by atoms with van der Waals surface area (Å²) in [6, 6.07) is 4.30. The van der Waals surface area contributed by atoms with Gasteiger partial charge in [0, 0.05) is 17.2 Å². The third kappa shape index (κ3) is 4.42. The average Bonchev–Trinajstić information content (AvgIpc) is 3.02. The van der Waals surface area contributed by atoms with Gasteiger partial charge < -0.3 is 9.73 Å². The van der Waals surface area contributed by atoms with Crippen molar-refractivity contribution in [2.75, 3.05) is 6.54 Å². The Morgan fingerprint density at radius 1 is 1.33 bits per heavy atom. The fraction of sp³-hybridized carbons (Fsp3) is 0.588. The summed E-state index contributed by atoms with van der Waals surface area (Å²) < 4.78 is 5.80. The Labute approximate surface area is 131 Å². The molecule has 0 saturated heterocycles. The molecule has 0 aliphatic rings. The highest BCUT2D eigenvalue weighted by molar-refractivity contribution is 7.09. The molecule has 0 spiro atoms. The highest BCUT2D eigenvalue weighted by Gasteiger charge is 2.21. The van der Waals surface area contributed by atoms with Crippen LogP contribution in [0.1, 0.15) is 62.4 Å². The van der Waals surface area contributed by atoms with E-state index in [1.165, 1.54) is 10.7 Å². The Balaban J connectivity index is 2.13. The van der Waals surface area contributed by atoms with E-state index in [1.807, 2.05) is 13.0 Å². The molecule has 1 N–H and O–H groups in total. The van der Waals surface area contributed by atoms with E-state index < -0.39 is 0 Å². The lowest BCUT2D eigenvalue weighted by atomic mass is 9.93. The van der Waals surface area contributed by atoms with Gasteiger partial charge in [-0.2, -0.15) is 0 Å². The summed E-state index contributed by atoms with van der Waals surface area (Å²) in [5.41, 5.74) is 1.29. The zero-order chi connectivity index (χ0) is 15.5. The first kappa shape index (κ1) is 16.2. The number of nitrogens with zero attached hydrogens (tertiary/aromatic N) is 1. The van der Waals surface area contributed by atoms with Crippen molar-refractivity contribution in [3.63, 3.8) is 0 Å². The van der Waals surface area contributed by atoms with Gasteiger partial charge in [-0.05, 0) is 32.0 Å². The zero-order valence-corrected chi connectivity index (χ0v) is 14.5. The van der Waals surface area contributed by atoms with E-state index in [2.05, 4.69) is 44.5 Å². The van der Waals surface area contributed by atoms with Crippen LogP contribution in [0.15, 0.2) is 21.9 Å². The molecule has 0 bridgehead atoms. The van der Waals surface area contributed by atoms with Gasteiger partial charge in [0.25, 0.3) is 0 Å². The molecule has 1 unspecified atom stereocenters. The number of rotatable bonds is 6. The fourth-order valence-electron chi connectivity index (χ4n) is 2.16. The Bertz CT molecular complexity index is 565. The molecular formula is C17H26N2OS. The summed E-state index contributed by atoms with van der Waals surface area (Å²) in [5, 5.41) is 6.92. The van der Waals surface area contributed by atoms with Gasteiger partial charge in [-0.3, -0.25) is 0 Å². The number of aryl methyl sites for hydroxylation is 1. The fourth-order valence-corrected chi connectivity index (χ4v) is 3.22. The van der Waals surface area contributed by atoms with Crippen molar-refractivity contribution >= 4 is 11.3 Å².